The van der Waals surface area contributed by atoms with Gasteiger partial charge in [-0.05, 0) is 24.6 Å². The summed E-state index contributed by atoms with van der Waals surface area (Å²) < 4.78 is 18.4. The molecule has 106 valence electrons. The first kappa shape index (κ1) is 14.2. The minimum atomic E-state index is -0.375. The Hall–Kier alpha value is -2.24. The third kappa shape index (κ3) is 3.88. The van der Waals surface area contributed by atoms with Crippen LogP contribution in [0.5, 0.6) is 0 Å². The van der Waals surface area contributed by atoms with Crippen LogP contribution in [0.4, 0.5) is 4.39 Å². The topological polar surface area (TPSA) is 68.0 Å². The second-order valence-corrected chi connectivity index (χ2v) is 4.39. The van der Waals surface area contributed by atoms with Gasteiger partial charge in [-0.2, -0.15) is 0 Å². The Bertz CT molecular complexity index is 583. The average Bonchev–Trinajstić information content (AvgIpc) is 2.87. The molecule has 0 unspecified atom stereocenters. The molecule has 1 aromatic carbocycles. The largest absolute Gasteiger partial charge is 0.420 e. The first-order valence-corrected chi connectivity index (χ1v) is 6.54. The molecule has 0 aliphatic carbocycles. The highest BCUT2D eigenvalue weighted by molar-refractivity contribution is 5.77. The molecule has 0 atom stereocenters. The van der Waals surface area contributed by atoms with E-state index in [9.17, 15) is 9.18 Å². The number of hydrogen-bond donors (Lipinski definition) is 1. The molecule has 0 fully saturated rings. The van der Waals surface area contributed by atoms with E-state index in [0.717, 1.165) is 12.8 Å². The summed E-state index contributed by atoms with van der Waals surface area (Å²) in [5.74, 6) is -0.105. The summed E-state index contributed by atoms with van der Waals surface area (Å²) in [6.45, 7) is 2.69. The van der Waals surface area contributed by atoms with Crippen molar-refractivity contribution < 1.29 is 13.6 Å². The molecule has 0 spiro atoms. The predicted molar refractivity (Wildman–Crippen MR) is 71.3 cm³/mol. The van der Waals surface area contributed by atoms with E-state index in [1.54, 1.807) is 12.1 Å². The van der Waals surface area contributed by atoms with Crippen molar-refractivity contribution in [2.24, 2.45) is 0 Å². The first-order valence-electron chi connectivity index (χ1n) is 6.54. The number of halogens is 1. The van der Waals surface area contributed by atoms with Crippen LogP contribution in [0.2, 0.25) is 0 Å². The van der Waals surface area contributed by atoms with Crippen LogP contribution in [-0.4, -0.2) is 22.6 Å². The predicted octanol–water partition coefficient (Wildman–Crippen LogP) is 2.33. The molecular weight excluding hydrogens is 261 g/mol. The fourth-order valence-corrected chi connectivity index (χ4v) is 1.67. The number of carbonyl (C=O) groups excluding carboxylic acids is 1. The van der Waals surface area contributed by atoms with Gasteiger partial charge in [0, 0.05) is 12.1 Å². The van der Waals surface area contributed by atoms with Crippen molar-refractivity contribution >= 4 is 5.91 Å². The van der Waals surface area contributed by atoms with Crippen LogP contribution < -0.4 is 5.32 Å². The number of nitrogens with zero attached hydrogens (tertiary/aromatic N) is 2. The molecule has 2 aromatic rings. The zero-order chi connectivity index (χ0) is 14.4. The van der Waals surface area contributed by atoms with Gasteiger partial charge >= 0.3 is 0 Å². The number of nitrogens with one attached hydrogen (secondary N) is 1. The van der Waals surface area contributed by atoms with E-state index in [-0.39, 0.29) is 29.9 Å². The van der Waals surface area contributed by atoms with Gasteiger partial charge < -0.3 is 9.73 Å². The number of hydrogen-bond acceptors (Lipinski definition) is 4. The van der Waals surface area contributed by atoms with Crippen molar-refractivity contribution in [2.45, 2.75) is 26.2 Å². The van der Waals surface area contributed by atoms with Gasteiger partial charge in [-0.3, -0.25) is 4.79 Å². The highest BCUT2D eigenvalue weighted by Gasteiger charge is 2.12. The van der Waals surface area contributed by atoms with Gasteiger partial charge in [0.15, 0.2) is 0 Å². The van der Waals surface area contributed by atoms with Crippen molar-refractivity contribution in [2.75, 3.05) is 6.54 Å². The van der Waals surface area contributed by atoms with Crippen molar-refractivity contribution in [1.29, 1.82) is 0 Å². The monoisotopic (exact) mass is 277 g/mol. The fourth-order valence-electron chi connectivity index (χ4n) is 1.67. The summed E-state index contributed by atoms with van der Waals surface area (Å²) in [5, 5.41) is 10.4. The molecule has 0 aliphatic heterocycles. The molecule has 2 rings (SSSR count). The zero-order valence-corrected chi connectivity index (χ0v) is 11.2. The van der Waals surface area contributed by atoms with Crippen molar-refractivity contribution in [1.82, 2.24) is 15.5 Å². The lowest BCUT2D eigenvalue weighted by molar-refractivity contribution is -0.120. The zero-order valence-electron chi connectivity index (χ0n) is 11.2. The maximum atomic E-state index is 13.1. The van der Waals surface area contributed by atoms with E-state index >= 15 is 0 Å². The Morgan fingerprint density at radius 1 is 1.40 bits per heavy atom. The molecule has 5 nitrogen and oxygen atoms in total. The number of benzene rings is 1. The Kier molecular flexibility index (Phi) is 4.81. The smallest absolute Gasteiger partial charge is 0.247 e. The second-order valence-electron chi connectivity index (χ2n) is 4.39. The molecule has 0 aliphatic rings. The Balaban J connectivity index is 1.97. The SMILES string of the molecule is CCCCNC(=O)Cc1nnc(-c2cccc(F)c2)o1. The standard InChI is InChI=1S/C14H16FN3O2/c1-2-3-7-16-12(19)9-13-17-18-14(20-13)10-5-4-6-11(15)8-10/h4-6,8H,2-3,7,9H2,1H3,(H,16,19). The maximum Gasteiger partial charge on any atom is 0.247 e. The van der Waals surface area contributed by atoms with Crippen LogP contribution in [-0.2, 0) is 11.2 Å². The maximum absolute atomic E-state index is 13.1. The van der Waals surface area contributed by atoms with E-state index in [4.69, 9.17) is 4.42 Å². The number of carbonyl (C=O) groups is 1. The van der Waals surface area contributed by atoms with E-state index in [1.165, 1.54) is 12.1 Å². The summed E-state index contributed by atoms with van der Waals surface area (Å²) in [5.41, 5.74) is 0.496. The van der Waals surface area contributed by atoms with Crippen molar-refractivity contribution in [3.63, 3.8) is 0 Å². The van der Waals surface area contributed by atoms with Crippen molar-refractivity contribution in [3.8, 4) is 11.5 Å². The molecular formula is C14H16FN3O2. The van der Waals surface area contributed by atoms with Crippen LogP contribution >= 0.6 is 0 Å². The highest BCUT2D eigenvalue weighted by Crippen LogP contribution is 2.18. The van der Waals surface area contributed by atoms with Gasteiger partial charge in [0.25, 0.3) is 0 Å². The molecule has 0 radical (unpaired) electrons. The van der Waals surface area contributed by atoms with Gasteiger partial charge in [0.05, 0.1) is 0 Å². The molecule has 1 heterocycles. The van der Waals surface area contributed by atoms with Crippen LogP contribution in [0, 0.1) is 5.82 Å². The quantitative estimate of drug-likeness (QED) is 0.823. The molecule has 6 heteroatoms. The first-order chi connectivity index (χ1) is 9.69. The van der Waals surface area contributed by atoms with E-state index < -0.39 is 0 Å². The van der Waals surface area contributed by atoms with Gasteiger partial charge in [-0.15, -0.1) is 10.2 Å². The number of amides is 1. The number of aromatic nitrogens is 2. The lowest BCUT2D eigenvalue weighted by atomic mass is 10.2. The lowest BCUT2D eigenvalue weighted by Gasteiger charge is -2.00. The molecule has 0 saturated heterocycles. The third-order valence-corrected chi connectivity index (χ3v) is 2.70. The summed E-state index contributed by atoms with van der Waals surface area (Å²) in [6.07, 6.45) is 1.99. The van der Waals surface area contributed by atoms with Gasteiger partial charge in [-0.25, -0.2) is 4.39 Å². The average molecular weight is 277 g/mol. The summed E-state index contributed by atoms with van der Waals surface area (Å²) >= 11 is 0. The van der Waals surface area contributed by atoms with E-state index in [1.807, 2.05) is 0 Å². The van der Waals surface area contributed by atoms with Crippen LogP contribution in [0.15, 0.2) is 28.7 Å². The van der Waals surface area contributed by atoms with Crippen LogP contribution in [0.1, 0.15) is 25.7 Å². The highest BCUT2D eigenvalue weighted by atomic mass is 19.1. The Labute approximate surface area is 116 Å². The minimum Gasteiger partial charge on any atom is -0.420 e. The van der Waals surface area contributed by atoms with E-state index in [2.05, 4.69) is 22.4 Å². The molecule has 20 heavy (non-hydrogen) atoms. The van der Waals surface area contributed by atoms with Crippen LogP contribution in [0.25, 0.3) is 11.5 Å². The Morgan fingerprint density at radius 3 is 3.00 bits per heavy atom. The summed E-state index contributed by atoms with van der Waals surface area (Å²) in [4.78, 5) is 11.6. The summed E-state index contributed by atoms with van der Waals surface area (Å²) in [7, 11) is 0. The number of rotatable bonds is 6. The molecule has 0 saturated carbocycles. The van der Waals surface area contributed by atoms with Gasteiger partial charge in [0.2, 0.25) is 17.7 Å². The van der Waals surface area contributed by atoms with Crippen LogP contribution in [0.3, 0.4) is 0 Å². The fraction of sp³-hybridized carbons (Fsp3) is 0.357. The normalized spacial score (nSPS) is 10.5. The van der Waals surface area contributed by atoms with Crippen molar-refractivity contribution in [3.05, 3.63) is 36.0 Å². The number of unbranched alkanes of at least 4 members (excludes halogenated alkanes) is 1. The molecule has 0 bridgehead atoms. The van der Waals surface area contributed by atoms with E-state index in [0.29, 0.717) is 12.1 Å². The van der Waals surface area contributed by atoms with Gasteiger partial charge in [-0.1, -0.05) is 19.4 Å². The lowest BCUT2D eigenvalue weighted by Crippen LogP contribution is -2.26. The second kappa shape index (κ2) is 6.79. The minimum absolute atomic E-state index is 0.0338. The van der Waals surface area contributed by atoms with Gasteiger partial charge in [0.1, 0.15) is 12.2 Å². The molecule has 1 amide bonds. The third-order valence-electron chi connectivity index (χ3n) is 2.70. The summed E-state index contributed by atoms with van der Waals surface area (Å²) in [6, 6.07) is 5.87. The molecule has 1 N–H and O–H groups in total. The molecule has 1 aromatic heterocycles. The Morgan fingerprint density at radius 2 is 2.25 bits per heavy atom.